The Labute approximate surface area is 203 Å². The Morgan fingerprint density at radius 3 is 2.29 bits per heavy atom. The predicted octanol–water partition coefficient (Wildman–Crippen LogP) is 4.06. The van der Waals surface area contributed by atoms with Crippen molar-refractivity contribution in [1.82, 2.24) is 15.2 Å². The van der Waals surface area contributed by atoms with Crippen LogP contribution in [-0.4, -0.2) is 52.2 Å². The molecule has 8 nitrogen and oxygen atoms in total. The number of alkyl carbamates (subject to hydrolysis) is 1. The Morgan fingerprint density at radius 2 is 1.69 bits per heavy atom. The number of carboxylic acid groups (broad SMARTS) is 1. The first-order chi connectivity index (χ1) is 16.9. The molecule has 0 saturated heterocycles. The van der Waals surface area contributed by atoms with Crippen LogP contribution in [0.2, 0.25) is 0 Å². The summed E-state index contributed by atoms with van der Waals surface area (Å²) in [5, 5.41) is 11.9. The maximum absolute atomic E-state index is 12.8. The van der Waals surface area contributed by atoms with Crippen molar-refractivity contribution < 1.29 is 24.2 Å². The molecule has 1 heterocycles. The summed E-state index contributed by atoms with van der Waals surface area (Å²) in [4.78, 5) is 42.0. The van der Waals surface area contributed by atoms with Crippen LogP contribution in [0.4, 0.5) is 4.79 Å². The van der Waals surface area contributed by atoms with E-state index >= 15 is 0 Å². The highest BCUT2D eigenvalue weighted by molar-refractivity contribution is 5.96. The van der Waals surface area contributed by atoms with E-state index in [4.69, 9.17) is 4.74 Å². The van der Waals surface area contributed by atoms with E-state index in [0.717, 1.165) is 22.3 Å². The van der Waals surface area contributed by atoms with Gasteiger partial charge >= 0.3 is 12.1 Å². The van der Waals surface area contributed by atoms with Crippen molar-refractivity contribution in [3.8, 4) is 11.1 Å². The third-order valence-electron chi connectivity index (χ3n) is 6.25. The highest BCUT2D eigenvalue weighted by Gasteiger charge is 2.29. The molecule has 4 rings (SSSR count). The van der Waals surface area contributed by atoms with E-state index in [-0.39, 0.29) is 25.6 Å². The molecule has 180 valence electrons. The second-order valence-corrected chi connectivity index (χ2v) is 8.32. The van der Waals surface area contributed by atoms with Crippen LogP contribution in [0.15, 0.2) is 66.9 Å². The van der Waals surface area contributed by atoms with Gasteiger partial charge in [0.1, 0.15) is 12.6 Å². The van der Waals surface area contributed by atoms with E-state index in [1.165, 1.54) is 24.1 Å². The molecule has 2 aromatic carbocycles. The monoisotopic (exact) mass is 473 g/mol. The lowest BCUT2D eigenvalue weighted by atomic mass is 9.98. The van der Waals surface area contributed by atoms with Gasteiger partial charge in [-0.2, -0.15) is 0 Å². The van der Waals surface area contributed by atoms with Gasteiger partial charge in [0.15, 0.2) is 0 Å². The Bertz CT molecular complexity index is 1210. The lowest BCUT2D eigenvalue weighted by molar-refractivity contribution is -0.141. The molecular weight excluding hydrogens is 446 g/mol. The Hall–Kier alpha value is -4.20. The summed E-state index contributed by atoms with van der Waals surface area (Å²) in [5.74, 6) is -1.53. The van der Waals surface area contributed by atoms with Crippen molar-refractivity contribution in [3.63, 3.8) is 0 Å². The van der Waals surface area contributed by atoms with Crippen LogP contribution in [0, 0.1) is 0 Å². The van der Waals surface area contributed by atoms with Crippen molar-refractivity contribution in [2.45, 2.75) is 32.4 Å². The summed E-state index contributed by atoms with van der Waals surface area (Å²) in [6.07, 6.45) is 0.876. The molecule has 1 unspecified atom stereocenters. The van der Waals surface area contributed by atoms with Crippen LogP contribution in [0.3, 0.4) is 0 Å². The van der Waals surface area contributed by atoms with E-state index in [2.05, 4.69) is 34.6 Å². The van der Waals surface area contributed by atoms with E-state index in [9.17, 15) is 19.5 Å². The van der Waals surface area contributed by atoms with Gasteiger partial charge in [-0.3, -0.25) is 9.78 Å². The molecule has 0 aliphatic heterocycles. The zero-order valence-corrected chi connectivity index (χ0v) is 19.6. The molecule has 1 aliphatic carbocycles. The number of likely N-dealkylation sites (N-methyl/N-ethyl adjacent to an activating group) is 1. The lowest BCUT2D eigenvalue weighted by Crippen LogP contribution is -2.43. The maximum atomic E-state index is 12.8. The molecule has 0 bridgehead atoms. The zero-order valence-electron chi connectivity index (χ0n) is 19.6. The van der Waals surface area contributed by atoms with Gasteiger partial charge in [0.05, 0.1) is 12.2 Å². The molecule has 2 amide bonds. The highest BCUT2D eigenvalue weighted by Crippen LogP contribution is 2.44. The van der Waals surface area contributed by atoms with Crippen LogP contribution in [0.5, 0.6) is 0 Å². The van der Waals surface area contributed by atoms with E-state index in [1.807, 2.05) is 24.3 Å². The van der Waals surface area contributed by atoms with Crippen molar-refractivity contribution in [3.05, 3.63) is 89.2 Å². The van der Waals surface area contributed by atoms with Crippen molar-refractivity contribution >= 4 is 18.0 Å². The molecule has 1 aromatic heterocycles. The number of rotatable bonds is 8. The van der Waals surface area contributed by atoms with Gasteiger partial charge in [-0.1, -0.05) is 48.5 Å². The number of benzene rings is 2. The van der Waals surface area contributed by atoms with Crippen molar-refractivity contribution in [2.75, 3.05) is 13.2 Å². The number of carbonyl (C=O) groups excluding carboxylic acids is 2. The molecule has 0 radical (unpaired) electrons. The molecule has 0 spiro atoms. The van der Waals surface area contributed by atoms with Gasteiger partial charge in [-0.25, -0.2) is 9.59 Å². The minimum absolute atomic E-state index is 0.0384. The second-order valence-electron chi connectivity index (χ2n) is 8.32. The number of amides is 2. The standard InChI is InChI=1S/C27H27N3O5/c1-3-30(17(2)26(32)33)25(31)18-12-13-28-19(14-18)15-29-27(34)35-16-24-22-10-6-4-8-20(22)21-9-5-7-11-23(21)24/h4-14,17,24H,3,15-16H2,1-2H3,(H,29,34)(H,32,33). The fraction of sp³-hybridized carbons (Fsp3) is 0.259. The van der Waals surface area contributed by atoms with Crippen LogP contribution >= 0.6 is 0 Å². The molecule has 8 heteroatoms. The lowest BCUT2D eigenvalue weighted by Gasteiger charge is -2.25. The molecule has 1 aliphatic rings. The quantitative estimate of drug-likeness (QED) is 0.511. The maximum Gasteiger partial charge on any atom is 0.407 e. The fourth-order valence-corrected chi connectivity index (χ4v) is 4.41. The number of nitrogens with zero attached hydrogens (tertiary/aromatic N) is 2. The Balaban J connectivity index is 1.37. The average Bonchev–Trinajstić information content (AvgIpc) is 3.20. The fourth-order valence-electron chi connectivity index (χ4n) is 4.41. The number of ether oxygens (including phenoxy) is 1. The Morgan fingerprint density at radius 1 is 1.06 bits per heavy atom. The summed E-state index contributed by atoms with van der Waals surface area (Å²) < 4.78 is 5.53. The number of nitrogens with one attached hydrogen (secondary N) is 1. The van der Waals surface area contributed by atoms with Crippen molar-refractivity contribution in [2.24, 2.45) is 0 Å². The molecule has 0 fully saturated rings. The minimum Gasteiger partial charge on any atom is -0.480 e. The smallest absolute Gasteiger partial charge is 0.407 e. The summed E-state index contributed by atoms with van der Waals surface area (Å²) >= 11 is 0. The number of aromatic nitrogens is 1. The molecule has 3 aromatic rings. The number of aliphatic carboxylic acids is 1. The topological polar surface area (TPSA) is 109 Å². The zero-order chi connectivity index (χ0) is 24.9. The largest absolute Gasteiger partial charge is 0.480 e. The van der Waals surface area contributed by atoms with Gasteiger partial charge in [0, 0.05) is 24.2 Å². The minimum atomic E-state index is -1.08. The molecule has 0 saturated carbocycles. The number of carboxylic acids is 1. The summed E-state index contributed by atoms with van der Waals surface area (Å²) in [5.41, 5.74) is 5.33. The SMILES string of the molecule is CCN(C(=O)c1ccnc(CNC(=O)OCC2c3ccccc3-c3ccccc32)c1)C(C)C(=O)O. The summed E-state index contributed by atoms with van der Waals surface area (Å²) in [6.45, 7) is 3.70. The van der Waals surface area contributed by atoms with Crippen LogP contribution in [0.1, 0.15) is 46.9 Å². The third kappa shape index (κ3) is 5.01. The van der Waals surface area contributed by atoms with E-state index in [1.54, 1.807) is 13.0 Å². The van der Waals surface area contributed by atoms with Crippen molar-refractivity contribution in [1.29, 1.82) is 0 Å². The number of carbonyl (C=O) groups is 3. The van der Waals surface area contributed by atoms with Crippen LogP contribution in [-0.2, 0) is 16.1 Å². The summed E-state index contributed by atoms with van der Waals surface area (Å²) in [6, 6.07) is 18.3. The normalized spacial score (nSPS) is 12.9. The third-order valence-corrected chi connectivity index (χ3v) is 6.25. The number of hydrogen-bond acceptors (Lipinski definition) is 5. The molecule has 2 N–H and O–H groups in total. The van der Waals surface area contributed by atoms with E-state index in [0.29, 0.717) is 11.3 Å². The first-order valence-corrected chi connectivity index (χ1v) is 11.5. The average molecular weight is 474 g/mol. The Kier molecular flexibility index (Phi) is 7.10. The first-order valence-electron chi connectivity index (χ1n) is 11.5. The van der Waals surface area contributed by atoms with Gasteiger partial charge in [-0.15, -0.1) is 0 Å². The summed E-state index contributed by atoms with van der Waals surface area (Å²) in [7, 11) is 0. The first kappa shape index (κ1) is 23.9. The number of fused-ring (bicyclic) bond motifs is 3. The number of hydrogen-bond donors (Lipinski definition) is 2. The number of pyridine rings is 1. The molecular formula is C27H27N3O5. The molecule has 1 atom stereocenters. The highest BCUT2D eigenvalue weighted by atomic mass is 16.5. The van der Waals surface area contributed by atoms with E-state index < -0.39 is 24.0 Å². The van der Waals surface area contributed by atoms with Gasteiger partial charge < -0.3 is 20.1 Å². The van der Waals surface area contributed by atoms with Crippen LogP contribution < -0.4 is 5.32 Å². The van der Waals surface area contributed by atoms with Gasteiger partial charge in [0.25, 0.3) is 5.91 Å². The van der Waals surface area contributed by atoms with Gasteiger partial charge in [-0.05, 0) is 48.2 Å². The predicted molar refractivity (Wildman–Crippen MR) is 130 cm³/mol. The second kappa shape index (κ2) is 10.4. The van der Waals surface area contributed by atoms with Gasteiger partial charge in [0.2, 0.25) is 0 Å². The van der Waals surface area contributed by atoms with Crippen LogP contribution in [0.25, 0.3) is 11.1 Å². The molecule has 35 heavy (non-hydrogen) atoms.